The number of rotatable bonds is 8. The molecule has 0 N–H and O–H groups in total. The molecule has 1 atom stereocenters. The minimum atomic E-state index is -3.57. The molecule has 1 unspecified atom stereocenters. The Morgan fingerprint density at radius 1 is 1.17 bits per heavy atom. The lowest BCUT2D eigenvalue weighted by Gasteiger charge is -2.24. The standard InChI is InChI=1S/C18H25NO3S/c1-3-4-5-6-7-17-12-16(14-20)13-19(17)23(21,22)18-10-8-15(2)9-11-18/h8-12,14,17H,3-7,13H2,1-2H3. The van der Waals surface area contributed by atoms with Gasteiger partial charge in [0.2, 0.25) is 10.0 Å². The van der Waals surface area contributed by atoms with Gasteiger partial charge in [-0.1, -0.05) is 56.4 Å². The molecule has 23 heavy (non-hydrogen) atoms. The van der Waals surface area contributed by atoms with E-state index in [1.807, 2.05) is 13.0 Å². The number of hydrogen-bond acceptors (Lipinski definition) is 3. The molecular formula is C18H25NO3S. The molecule has 5 heteroatoms. The highest BCUT2D eigenvalue weighted by molar-refractivity contribution is 7.89. The van der Waals surface area contributed by atoms with Crippen LogP contribution in [0, 0.1) is 6.92 Å². The smallest absolute Gasteiger partial charge is 0.243 e. The summed E-state index contributed by atoms with van der Waals surface area (Å²) in [5, 5.41) is 0. The fourth-order valence-electron chi connectivity index (χ4n) is 2.87. The molecule has 4 nitrogen and oxygen atoms in total. The number of carbonyl (C=O) groups is 1. The summed E-state index contributed by atoms with van der Waals surface area (Å²) in [7, 11) is -3.57. The van der Waals surface area contributed by atoms with Gasteiger partial charge in [0, 0.05) is 18.2 Å². The molecular weight excluding hydrogens is 310 g/mol. The third-order valence-corrected chi connectivity index (χ3v) is 6.13. The molecule has 126 valence electrons. The van der Waals surface area contributed by atoms with E-state index in [4.69, 9.17) is 0 Å². The first-order valence-corrected chi connectivity index (χ1v) is 9.67. The van der Waals surface area contributed by atoms with E-state index in [1.165, 1.54) is 4.31 Å². The number of benzene rings is 1. The van der Waals surface area contributed by atoms with Crippen molar-refractivity contribution < 1.29 is 13.2 Å². The summed E-state index contributed by atoms with van der Waals surface area (Å²) in [6.07, 6.45) is 7.71. The predicted octanol–water partition coefficient (Wildman–Crippen LogP) is 3.46. The molecule has 1 aliphatic heterocycles. The molecule has 1 heterocycles. The Hall–Kier alpha value is -1.46. The molecule has 0 bridgehead atoms. The van der Waals surface area contributed by atoms with Gasteiger partial charge in [0.05, 0.1) is 4.90 Å². The Balaban J connectivity index is 2.17. The highest BCUT2D eigenvalue weighted by Gasteiger charge is 2.34. The van der Waals surface area contributed by atoms with Gasteiger partial charge in [0.25, 0.3) is 0 Å². The summed E-state index contributed by atoms with van der Waals surface area (Å²) in [5.41, 5.74) is 1.58. The Kier molecular flexibility index (Phi) is 6.13. The molecule has 0 spiro atoms. The van der Waals surface area contributed by atoms with Gasteiger partial charge in [-0.05, 0) is 25.5 Å². The van der Waals surface area contributed by atoms with Crippen LogP contribution in [0.25, 0.3) is 0 Å². The quantitative estimate of drug-likeness (QED) is 0.540. The predicted molar refractivity (Wildman–Crippen MR) is 91.8 cm³/mol. The molecule has 1 aliphatic rings. The lowest BCUT2D eigenvalue weighted by atomic mass is 10.1. The fourth-order valence-corrected chi connectivity index (χ4v) is 4.47. The van der Waals surface area contributed by atoms with Crippen LogP contribution in [0.4, 0.5) is 0 Å². The number of sulfonamides is 1. The molecule has 1 aromatic rings. The topological polar surface area (TPSA) is 54.5 Å². The van der Waals surface area contributed by atoms with Gasteiger partial charge >= 0.3 is 0 Å². The maximum atomic E-state index is 12.9. The van der Waals surface area contributed by atoms with Crippen molar-refractivity contribution in [3.63, 3.8) is 0 Å². The summed E-state index contributed by atoms with van der Waals surface area (Å²) < 4.78 is 27.2. The zero-order chi connectivity index (χ0) is 16.9. The third-order valence-electron chi connectivity index (χ3n) is 4.25. The van der Waals surface area contributed by atoms with Crippen LogP contribution < -0.4 is 0 Å². The van der Waals surface area contributed by atoms with Crippen molar-refractivity contribution in [3.8, 4) is 0 Å². The lowest BCUT2D eigenvalue weighted by molar-refractivity contribution is -0.104. The van der Waals surface area contributed by atoms with Crippen molar-refractivity contribution in [2.45, 2.75) is 56.9 Å². The Morgan fingerprint density at radius 2 is 1.87 bits per heavy atom. The van der Waals surface area contributed by atoms with Crippen LogP contribution in [0.3, 0.4) is 0 Å². The largest absolute Gasteiger partial charge is 0.298 e. The van der Waals surface area contributed by atoms with Gasteiger partial charge in [-0.15, -0.1) is 0 Å². The van der Waals surface area contributed by atoms with E-state index in [0.717, 1.165) is 44.0 Å². The zero-order valence-corrected chi connectivity index (χ0v) is 14.7. The van der Waals surface area contributed by atoms with E-state index < -0.39 is 10.0 Å². The van der Waals surface area contributed by atoms with Crippen molar-refractivity contribution in [2.75, 3.05) is 6.54 Å². The molecule has 0 aliphatic carbocycles. The summed E-state index contributed by atoms with van der Waals surface area (Å²) in [4.78, 5) is 11.4. The molecule has 0 saturated carbocycles. The average Bonchev–Trinajstić information content (AvgIpc) is 2.96. The number of aldehydes is 1. The highest BCUT2D eigenvalue weighted by atomic mass is 32.2. The van der Waals surface area contributed by atoms with E-state index in [1.54, 1.807) is 24.3 Å². The number of hydrogen-bond donors (Lipinski definition) is 0. The maximum absolute atomic E-state index is 12.9. The van der Waals surface area contributed by atoms with Crippen LogP contribution in [-0.2, 0) is 14.8 Å². The van der Waals surface area contributed by atoms with E-state index in [-0.39, 0.29) is 12.6 Å². The summed E-state index contributed by atoms with van der Waals surface area (Å²) in [5.74, 6) is 0. The van der Waals surface area contributed by atoms with Crippen molar-refractivity contribution in [3.05, 3.63) is 41.5 Å². The molecule has 0 aromatic heterocycles. The van der Waals surface area contributed by atoms with Gasteiger partial charge in [-0.2, -0.15) is 4.31 Å². The molecule has 0 fully saturated rings. The fraction of sp³-hybridized carbons (Fsp3) is 0.500. The summed E-state index contributed by atoms with van der Waals surface area (Å²) in [6.45, 7) is 4.25. The second-order valence-corrected chi connectivity index (χ2v) is 8.03. The first-order valence-electron chi connectivity index (χ1n) is 8.23. The van der Waals surface area contributed by atoms with Crippen LogP contribution in [0.1, 0.15) is 44.6 Å². The van der Waals surface area contributed by atoms with Gasteiger partial charge in [0.1, 0.15) is 6.29 Å². The second-order valence-electron chi connectivity index (χ2n) is 6.14. The number of nitrogens with zero attached hydrogens (tertiary/aromatic N) is 1. The van der Waals surface area contributed by atoms with E-state index >= 15 is 0 Å². The second kappa shape index (κ2) is 7.88. The first-order chi connectivity index (χ1) is 11.0. The van der Waals surface area contributed by atoms with Crippen molar-refractivity contribution in [1.82, 2.24) is 4.31 Å². The van der Waals surface area contributed by atoms with Crippen LogP contribution in [0.5, 0.6) is 0 Å². The monoisotopic (exact) mass is 335 g/mol. The van der Waals surface area contributed by atoms with Crippen LogP contribution in [0.2, 0.25) is 0 Å². The van der Waals surface area contributed by atoms with Gasteiger partial charge in [0.15, 0.2) is 0 Å². The van der Waals surface area contributed by atoms with E-state index in [9.17, 15) is 13.2 Å². The van der Waals surface area contributed by atoms with Crippen molar-refractivity contribution in [2.24, 2.45) is 0 Å². The van der Waals surface area contributed by atoms with Crippen LogP contribution in [0.15, 0.2) is 40.8 Å². The van der Waals surface area contributed by atoms with Gasteiger partial charge in [-0.25, -0.2) is 8.42 Å². The highest BCUT2D eigenvalue weighted by Crippen LogP contribution is 2.28. The molecule has 0 amide bonds. The molecule has 0 radical (unpaired) electrons. The minimum absolute atomic E-state index is 0.179. The first kappa shape index (κ1) is 17.9. The summed E-state index contributed by atoms with van der Waals surface area (Å²) in [6, 6.07) is 6.66. The molecule has 2 rings (SSSR count). The van der Waals surface area contributed by atoms with E-state index in [2.05, 4.69) is 6.92 Å². The third kappa shape index (κ3) is 4.30. The number of aryl methyl sites for hydroxylation is 1. The maximum Gasteiger partial charge on any atom is 0.243 e. The minimum Gasteiger partial charge on any atom is -0.298 e. The normalized spacial score (nSPS) is 18.9. The average molecular weight is 335 g/mol. The van der Waals surface area contributed by atoms with E-state index in [0.29, 0.717) is 10.5 Å². The summed E-state index contributed by atoms with van der Waals surface area (Å²) >= 11 is 0. The lowest BCUT2D eigenvalue weighted by Crippen LogP contribution is -2.36. The SMILES string of the molecule is CCCCCCC1C=C(C=O)CN1S(=O)(=O)c1ccc(C)cc1. The molecule has 1 aromatic carbocycles. The van der Waals surface area contributed by atoms with Crippen LogP contribution >= 0.6 is 0 Å². The van der Waals surface area contributed by atoms with Crippen molar-refractivity contribution in [1.29, 1.82) is 0 Å². The Bertz CT molecular complexity index is 662. The van der Waals surface area contributed by atoms with Crippen molar-refractivity contribution >= 4 is 16.3 Å². The number of carbonyl (C=O) groups excluding carboxylic acids is 1. The Morgan fingerprint density at radius 3 is 2.48 bits per heavy atom. The Labute approximate surface area is 139 Å². The molecule has 0 saturated heterocycles. The van der Waals surface area contributed by atoms with Gasteiger partial charge in [-0.3, -0.25) is 4.79 Å². The number of unbranched alkanes of at least 4 members (excludes halogenated alkanes) is 3. The zero-order valence-electron chi connectivity index (χ0n) is 13.9. The van der Waals surface area contributed by atoms with Gasteiger partial charge < -0.3 is 0 Å². The van der Waals surface area contributed by atoms with Crippen LogP contribution in [-0.4, -0.2) is 31.6 Å².